The zero-order valence-corrected chi connectivity index (χ0v) is 29.9. The molecule has 14 heteroatoms. The molecule has 0 aliphatic rings. The van der Waals surface area contributed by atoms with Crippen LogP contribution in [0.3, 0.4) is 0 Å². The van der Waals surface area contributed by atoms with E-state index in [0.29, 0.717) is 13.1 Å². The van der Waals surface area contributed by atoms with Gasteiger partial charge in [-0.25, -0.2) is 9.97 Å². The Hall–Kier alpha value is 0.560. The van der Waals surface area contributed by atoms with Gasteiger partial charge in [-0.05, 0) is 141 Å². The number of nitrogens with zero attached hydrogens (tertiary/aromatic N) is 4. The molecule has 6 nitrogen and oxygen atoms in total. The largest absolute Gasteiger partial charge is 0.322 e. The van der Waals surface area contributed by atoms with Crippen molar-refractivity contribution in [1.82, 2.24) is 19.1 Å². The Bertz CT molecular complexity index is 1350. The zero-order valence-electron chi connectivity index (χ0n) is 17.2. The lowest BCUT2D eigenvalue weighted by atomic mass is 10.3. The van der Waals surface area contributed by atoms with E-state index in [1.165, 1.54) is 0 Å². The van der Waals surface area contributed by atoms with Gasteiger partial charge in [-0.15, -0.1) is 0 Å². The summed E-state index contributed by atoms with van der Waals surface area (Å²) in [6.07, 6.45) is 3.33. The Morgan fingerprint density at radius 2 is 0.882 bits per heavy atom. The fraction of sp³-hybridized carbons (Fsp3) is 0.200. The number of halogens is 8. The van der Waals surface area contributed by atoms with Crippen molar-refractivity contribution in [1.29, 1.82) is 0 Å². The molecule has 0 bridgehead atoms. The average Bonchev–Trinajstić information content (AvgIpc) is 3.37. The van der Waals surface area contributed by atoms with Gasteiger partial charge in [0.05, 0.1) is 54.7 Å². The molecule has 4 rings (SSSR count). The third kappa shape index (κ3) is 5.83. The summed E-state index contributed by atoms with van der Waals surface area (Å²) in [4.78, 5) is 31.0. The Morgan fingerprint density at radius 3 is 1.18 bits per heavy atom. The van der Waals surface area contributed by atoms with Crippen LogP contribution in [0.15, 0.2) is 48.4 Å². The Labute approximate surface area is 262 Å². The van der Waals surface area contributed by atoms with Crippen molar-refractivity contribution in [3.63, 3.8) is 0 Å². The zero-order chi connectivity index (χ0) is 25.5. The molecule has 34 heavy (non-hydrogen) atoms. The van der Waals surface area contributed by atoms with Gasteiger partial charge in [-0.2, -0.15) is 0 Å². The first-order chi connectivity index (χ1) is 15.9. The molecule has 2 aromatic heterocycles. The van der Waals surface area contributed by atoms with E-state index in [0.717, 1.165) is 57.8 Å². The highest BCUT2D eigenvalue weighted by molar-refractivity contribution is 9.15. The van der Waals surface area contributed by atoms with Gasteiger partial charge in [0.2, 0.25) is 0 Å². The van der Waals surface area contributed by atoms with E-state index >= 15 is 0 Å². The Kier molecular flexibility index (Phi) is 10.2. The molecule has 0 saturated heterocycles. The number of carbonyl (C=O) groups is 2. The molecule has 0 unspecified atom stereocenters. The summed E-state index contributed by atoms with van der Waals surface area (Å²) in [5.41, 5.74) is 3.41. The summed E-state index contributed by atoms with van der Waals surface area (Å²) in [7, 11) is 0. The van der Waals surface area contributed by atoms with Crippen molar-refractivity contribution >= 4 is 161 Å². The number of Topliss-reactive ketones (excluding diaryl/α,β-unsaturated/α-hetero) is 2. The molecule has 2 aromatic carbocycles. The number of carbonyl (C=O) groups excluding carboxylic acids is 2. The number of ketones is 2. The molecule has 0 spiro atoms. The third-order valence-corrected chi connectivity index (χ3v) is 13.9. The van der Waals surface area contributed by atoms with E-state index in [2.05, 4.69) is 137 Å². The minimum atomic E-state index is 0.0892. The van der Waals surface area contributed by atoms with Gasteiger partial charge >= 0.3 is 0 Å². The molecule has 0 atom stereocenters. The van der Waals surface area contributed by atoms with E-state index in [1.54, 1.807) is 26.5 Å². The molecule has 180 valence electrons. The van der Waals surface area contributed by atoms with Crippen LogP contribution in [0, 0.1) is 0 Å². The van der Waals surface area contributed by atoms with Gasteiger partial charge in [-0.1, -0.05) is 0 Å². The van der Waals surface area contributed by atoms with Gasteiger partial charge in [0.25, 0.3) is 0 Å². The number of benzene rings is 2. The van der Waals surface area contributed by atoms with Crippen LogP contribution < -0.4 is 0 Å². The van der Waals surface area contributed by atoms with Crippen LogP contribution >= 0.6 is 127 Å². The second-order valence-corrected chi connectivity index (χ2v) is 13.4. The lowest BCUT2D eigenvalue weighted by Gasteiger charge is -2.08. The predicted molar refractivity (Wildman–Crippen MR) is 162 cm³/mol. The first-order valence-corrected chi connectivity index (χ1v) is 15.5. The number of rotatable bonds is 4. The highest BCUT2D eigenvalue weighted by Gasteiger charge is 2.19. The molecular weight excluding hydrogens is 967 g/mol. The fourth-order valence-electron chi connectivity index (χ4n) is 3.07. The van der Waals surface area contributed by atoms with Crippen LogP contribution in [0.2, 0.25) is 0 Å². The van der Waals surface area contributed by atoms with E-state index in [4.69, 9.17) is 0 Å². The lowest BCUT2D eigenvalue weighted by Crippen LogP contribution is -2.05. The van der Waals surface area contributed by atoms with Crippen LogP contribution in [0.5, 0.6) is 0 Å². The van der Waals surface area contributed by atoms with Crippen LogP contribution in [0.4, 0.5) is 0 Å². The van der Waals surface area contributed by atoms with E-state index < -0.39 is 0 Å². The summed E-state index contributed by atoms with van der Waals surface area (Å²) in [6, 6.07) is 0. The van der Waals surface area contributed by atoms with Crippen LogP contribution in [0.25, 0.3) is 22.1 Å². The maximum Gasteiger partial charge on any atom is 0.149 e. The monoisotopic (exact) mass is 971 g/mol. The smallest absolute Gasteiger partial charge is 0.149 e. The van der Waals surface area contributed by atoms with Crippen LogP contribution in [-0.4, -0.2) is 30.7 Å². The fourth-order valence-corrected chi connectivity index (χ4v) is 7.88. The molecule has 0 radical (unpaired) electrons. The van der Waals surface area contributed by atoms with Crippen molar-refractivity contribution in [3.05, 3.63) is 48.4 Å². The molecule has 2 heterocycles. The van der Waals surface area contributed by atoms with Crippen molar-refractivity contribution in [3.8, 4) is 0 Å². The first-order valence-electron chi connectivity index (χ1n) is 9.19. The molecule has 4 aromatic rings. The molecule has 0 fully saturated rings. The molecule has 0 saturated carbocycles. The molecule has 0 aliphatic carbocycles. The quantitative estimate of drug-likeness (QED) is 0.151. The number of hydrogen-bond donors (Lipinski definition) is 0. The van der Waals surface area contributed by atoms with Crippen molar-refractivity contribution < 1.29 is 9.59 Å². The van der Waals surface area contributed by atoms with E-state index in [9.17, 15) is 9.59 Å². The second-order valence-electron chi connectivity index (χ2n) is 7.06. The Morgan fingerprint density at radius 1 is 0.588 bits per heavy atom. The summed E-state index contributed by atoms with van der Waals surface area (Å²) >= 11 is 27.9. The van der Waals surface area contributed by atoms with Crippen molar-refractivity contribution in [2.24, 2.45) is 0 Å². The molecule has 0 amide bonds. The lowest BCUT2D eigenvalue weighted by molar-refractivity contribution is -0.118. The summed E-state index contributed by atoms with van der Waals surface area (Å²) in [6.45, 7) is 3.75. The summed E-state index contributed by atoms with van der Waals surface area (Å²) < 4.78 is 10.7. The Balaban J connectivity index is 0.000000191. The van der Waals surface area contributed by atoms with Gasteiger partial charge in [0, 0.05) is 17.9 Å². The number of hydrogen-bond acceptors (Lipinski definition) is 4. The maximum atomic E-state index is 11.2. The predicted octanol–water partition coefficient (Wildman–Crippen LogP) is 9.35. The normalized spacial score (nSPS) is 11.1. The van der Waals surface area contributed by atoms with Gasteiger partial charge in [0.1, 0.15) is 22.6 Å². The maximum absolute atomic E-state index is 11.2. The molecular formula is C20H12Br8N4O2. The van der Waals surface area contributed by atoms with Crippen molar-refractivity contribution in [2.75, 3.05) is 0 Å². The van der Waals surface area contributed by atoms with Gasteiger partial charge < -0.3 is 9.13 Å². The second kappa shape index (κ2) is 12.0. The minimum absolute atomic E-state index is 0.0892. The van der Waals surface area contributed by atoms with Crippen LogP contribution in [0.1, 0.15) is 13.8 Å². The van der Waals surface area contributed by atoms with Crippen molar-refractivity contribution in [2.45, 2.75) is 26.9 Å². The highest BCUT2D eigenvalue weighted by Crippen LogP contribution is 2.44. The van der Waals surface area contributed by atoms with Gasteiger partial charge in [0.15, 0.2) is 0 Å². The van der Waals surface area contributed by atoms with E-state index in [-0.39, 0.29) is 11.6 Å². The topological polar surface area (TPSA) is 69.8 Å². The SMILES string of the molecule is CC(=O)Cn1cnc2c(Br)c(Br)c(Br)c(Br)c21.CC(=O)Cn1cnc2c(Br)c(Br)c(Br)c(Br)c21. The standard InChI is InChI=1S/2C10H6Br4N2O/c2*1-4(17)2-16-3-15-9-7(13)5(11)6(12)8(14)10(9)16/h2*3H,2H2,1H3. The molecule has 0 aliphatic heterocycles. The number of aromatic nitrogens is 4. The third-order valence-electron chi connectivity index (χ3n) is 4.45. The highest BCUT2D eigenvalue weighted by atomic mass is 79.9. The molecule has 0 N–H and O–H groups in total. The number of imidazole rings is 2. The summed E-state index contributed by atoms with van der Waals surface area (Å²) in [5, 5.41) is 0. The number of fused-ring (bicyclic) bond motifs is 2. The van der Waals surface area contributed by atoms with Gasteiger partial charge in [-0.3, -0.25) is 9.59 Å². The summed E-state index contributed by atoms with van der Waals surface area (Å²) in [5.74, 6) is 0.178. The first kappa shape index (κ1) is 29.1. The van der Waals surface area contributed by atoms with Crippen LogP contribution in [-0.2, 0) is 22.7 Å². The minimum Gasteiger partial charge on any atom is -0.322 e. The average molecular weight is 980 g/mol. The van der Waals surface area contributed by atoms with E-state index in [1.807, 2.05) is 9.13 Å².